The summed E-state index contributed by atoms with van der Waals surface area (Å²) in [5.41, 5.74) is -0.765. The largest absolute Gasteiger partial charge is 0.469 e. The zero-order valence-corrected chi connectivity index (χ0v) is 14.1. The third-order valence-corrected chi connectivity index (χ3v) is 4.67. The van der Waals surface area contributed by atoms with Crippen LogP contribution in [0.4, 0.5) is 0 Å². The second-order valence-corrected chi connectivity index (χ2v) is 6.67. The average Bonchev–Trinajstić information content (AvgIpc) is 3.12. The molecule has 0 N–H and O–H groups in total. The maximum absolute atomic E-state index is 12.8. The van der Waals surface area contributed by atoms with Gasteiger partial charge in [-0.3, -0.25) is 14.9 Å². The van der Waals surface area contributed by atoms with Crippen molar-refractivity contribution in [1.29, 1.82) is 0 Å². The van der Waals surface area contributed by atoms with Gasteiger partial charge >= 0.3 is 0 Å². The lowest BCUT2D eigenvalue weighted by Gasteiger charge is -2.24. The SMILES string of the molecule is CC(C)(C(CC(=O)c1ccc2ccccc2c1)c1ccco1)[N+](=O)[O-]. The molecule has 3 rings (SSSR count). The Labute approximate surface area is 145 Å². The zero-order chi connectivity index (χ0) is 18.0. The Hall–Kier alpha value is -2.95. The standard InChI is InChI=1S/C20H19NO4/c1-20(2,21(23)24)17(19-8-5-11-25-19)13-18(22)16-10-9-14-6-3-4-7-15(14)12-16/h3-12,17H,13H2,1-2H3. The van der Waals surface area contributed by atoms with Crippen molar-refractivity contribution < 1.29 is 14.1 Å². The number of Topliss-reactive ketones (excluding diaryl/α,β-unsaturated/α-hetero) is 1. The van der Waals surface area contributed by atoms with Crippen LogP contribution in [0.25, 0.3) is 10.8 Å². The predicted octanol–water partition coefficient (Wildman–Crippen LogP) is 4.84. The maximum Gasteiger partial charge on any atom is 0.227 e. The molecule has 3 aromatic rings. The van der Waals surface area contributed by atoms with E-state index in [9.17, 15) is 14.9 Å². The monoisotopic (exact) mass is 337 g/mol. The third-order valence-electron chi connectivity index (χ3n) is 4.67. The third kappa shape index (κ3) is 3.31. The molecular weight excluding hydrogens is 318 g/mol. The van der Waals surface area contributed by atoms with E-state index in [1.807, 2.05) is 36.4 Å². The molecule has 2 aromatic carbocycles. The van der Waals surface area contributed by atoms with Crippen LogP contribution in [0.15, 0.2) is 65.3 Å². The van der Waals surface area contributed by atoms with Crippen LogP contribution in [-0.2, 0) is 0 Å². The molecule has 0 fully saturated rings. The fourth-order valence-electron chi connectivity index (χ4n) is 2.98. The first-order valence-electron chi connectivity index (χ1n) is 8.09. The van der Waals surface area contributed by atoms with E-state index < -0.39 is 11.5 Å². The Kier molecular flexibility index (Phi) is 4.40. The number of carbonyl (C=O) groups excluding carboxylic acids is 1. The summed E-state index contributed by atoms with van der Waals surface area (Å²) < 4.78 is 5.38. The summed E-state index contributed by atoms with van der Waals surface area (Å²) in [4.78, 5) is 23.9. The second-order valence-electron chi connectivity index (χ2n) is 6.67. The van der Waals surface area contributed by atoms with E-state index >= 15 is 0 Å². The van der Waals surface area contributed by atoms with Crippen molar-refractivity contribution >= 4 is 16.6 Å². The lowest BCUT2D eigenvalue weighted by atomic mass is 9.81. The summed E-state index contributed by atoms with van der Waals surface area (Å²) in [6, 6.07) is 16.6. The Morgan fingerprint density at radius 3 is 2.48 bits per heavy atom. The van der Waals surface area contributed by atoms with Gasteiger partial charge in [-0.25, -0.2) is 0 Å². The fourth-order valence-corrected chi connectivity index (χ4v) is 2.98. The fraction of sp³-hybridized carbons (Fsp3) is 0.250. The molecule has 0 spiro atoms. The van der Waals surface area contributed by atoms with E-state index in [0.717, 1.165) is 10.8 Å². The van der Waals surface area contributed by atoms with Crippen molar-refractivity contribution in [3.8, 4) is 0 Å². The van der Waals surface area contributed by atoms with Gasteiger partial charge in [0.15, 0.2) is 5.78 Å². The number of ketones is 1. The number of nitrogens with zero attached hydrogens (tertiary/aromatic N) is 1. The van der Waals surface area contributed by atoms with Gasteiger partial charge in [0.1, 0.15) is 5.76 Å². The molecular formula is C20H19NO4. The molecule has 1 aromatic heterocycles. The topological polar surface area (TPSA) is 73.3 Å². The van der Waals surface area contributed by atoms with Crippen LogP contribution in [0.2, 0.25) is 0 Å². The Morgan fingerprint density at radius 1 is 1.12 bits per heavy atom. The average molecular weight is 337 g/mol. The molecule has 0 bridgehead atoms. The van der Waals surface area contributed by atoms with Crippen LogP contribution in [0.3, 0.4) is 0 Å². The molecule has 0 saturated heterocycles. The van der Waals surface area contributed by atoms with E-state index in [-0.39, 0.29) is 17.1 Å². The highest BCUT2D eigenvalue weighted by atomic mass is 16.6. The molecule has 1 heterocycles. The lowest BCUT2D eigenvalue weighted by Crippen LogP contribution is -2.39. The number of rotatable bonds is 6. The Bertz CT molecular complexity index is 912. The highest BCUT2D eigenvalue weighted by molar-refractivity contribution is 6.00. The molecule has 128 valence electrons. The quantitative estimate of drug-likeness (QED) is 0.366. The number of nitro groups is 1. The van der Waals surface area contributed by atoms with Crippen molar-refractivity contribution in [2.75, 3.05) is 0 Å². The molecule has 1 atom stereocenters. The molecule has 0 aliphatic carbocycles. The van der Waals surface area contributed by atoms with Crippen molar-refractivity contribution in [1.82, 2.24) is 0 Å². The molecule has 5 nitrogen and oxygen atoms in total. The molecule has 0 aliphatic rings. The van der Waals surface area contributed by atoms with Gasteiger partial charge in [-0.1, -0.05) is 36.4 Å². The van der Waals surface area contributed by atoms with E-state index in [1.54, 1.807) is 18.2 Å². The minimum atomic E-state index is -1.32. The normalized spacial score (nSPS) is 12.9. The highest BCUT2D eigenvalue weighted by Crippen LogP contribution is 2.35. The van der Waals surface area contributed by atoms with Gasteiger partial charge in [0.2, 0.25) is 5.54 Å². The van der Waals surface area contributed by atoms with Crippen molar-refractivity contribution in [3.63, 3.8) is 0 Å². The molecule has 25 heavy (non-hydrogen) atoms. The molecule has 1 unspecified atom stereocenters. The smallest absolute Gasteiger partial charge is 0.227 e. The summed E-state index contributed by atoms with van der Waals surface area (Å²) in [5.74, 6) is -0.325. The molecule has 0 saturated carbocycles. The van der Waals surface area contributed by atoms with Crippen LogP contribution in [0, 0.1) is 10.1 Å². The summed E-state index contributed by atoms with van der Waals surface area (Å²) >= 11 is 0. The van der Waals surface area contributed by atoms with Crippen LogP contribution < -0.4 is 0 Å². The minimum Gasteiger partial charge on any atom is -0.469 e. The van der Waals surface area contributed by atoms with Gasteiger partial charge in [-0.2, -0.15) is 0 Å². The molecule has 0 aliphatic heterocycles. The van der Waals surface area contributed by atoms with Crippen LogP contribution in [-0.4, -0.2) is 16.2 Å². The van der Waals surface area contributed by atoms with Gasteiger partial charge in [0, 0.05) is 30.8 Å². The number of carbonyl (C=O) groups is 1. The number of benzene rings is 2. The van der Waals surface area contributed by atoms with Crippen LogP contribution in [0.5, 0.6) is 0 Å². The van der Waals surface area contributed by atoms with E-state index in [2.05, 4.69) is 0 Å². The Morgan fingerprint density at radius 2 is 1.84 bits per heavy atom. The van der Waals surface area contributed by atoms with Crippen molar-refractivity contribution in [2.24, 2.45) is 0 Å². The van der Waals surface area contributed by atoms with Gasteiger partial charge in [0.25, 0.3) is 0 Å². The first-order chi connectivity index (χ1) is 11.9. The highest BCUT2D eigenvalue weighted by Gasteiger charge is 2.44. The summed E-state index contributed by atoms with van der Waals surface area (Å²) in [6.07, 6.45) is 1.48. The summed E-state index contributed by atoms with van der Waals surface area (Å²) in [6.45, 7) is 3.04. The van der Waals surface area contributed by atoms with Gasteiger partial charge in [-0.15, -0.1) is 0 Å². The van der Waals surface area contributed by atoms with E-state index in [1.165, 1.54) is 20.1 Å². The zero-order valence-electron chi connectivity index (χ0n) is 14.1. The molecule has 0 amide bonds. The molecule has 5 heteroatoms. The van der Waals surface area contributed by atoms with Gasteiger partial charge < -0.3 is 4.42 Å². The predicted molar refractivity (Wildman–Crippen MR) is 95.4 cm³/mol. The first kappa shape index (κ1) is 16.9. The van der Waals surface area contributed by atoms with E-state index in [0.29, 0.717) is 11.3 Å². The lowest BCUT2D eigenvalue weighted by molar-refractivity contribution is -0.565. The number of fused-ring (bicyclic) bond motifs is 1. The van der Waals surface area contributed by atoms with Gasteiger partial charge in [-0.05, 0) is 29.0 Å². The van der Waals surface area contributed by atoms with E-state index in [4.69, 9.17) is 4.42 Å². The maximum atomic E-state index is 12.8. The summed E-state index contributed by atoms with van der Waals surface area (Å²) in [5, 5.41) is 13.5. The first-order valence-corrected chi connectivity index (χ1v) is 8.09. The number of furan rings is 1. The van der Waals surface area contributed by atoms with Crippen molar-refractivity contribution in [2.45, 2.75) is 31.7 Å². The van der Waals surface area contributed by atoms with Crippen molar-refractivity contribution in [3.05, 3.63) is 82.3 Å². The van der Waals surface area contributed by atoms with Crippen LogP contribution >= 0.6 is 0 Å². The van der Waals surface area contributed by atoms with Gasteiger partial charge in [0.05, 0.1) is 12.2 Å². The number of hydrogen-bond acceptors (Lipinski definition) is 4. The Balaban J connectivity index is 1.93. The minimum absolute atomic E-state index is 0.0137. The van der Waals surface area contributed by atoms with Crippen LogP contribution in [0.1, 0.15) is 42.3 Å². The second kappa shape index (κ2) is 6.51. The number of hydrogen-bond donors (Lipinski definition) is 0. The molecule has 0 radical (unpaired) electrons. The summed E-state index contributed by atoms with van der Waals surface area (Å²) in [7, 11) is 0.